The van der Waals surface area contributed by atoms with Gasteiger partial charge in [-0.3, -0.25) is 4.90 Å². The number of urea groups is 1. The lowest BCUT2D eigenvalue weighted by atomic mass is 10.2. The summed E-state index contributed by atoms with van der Waals surface area (Å²) in [6.45, 7) is 3.47. The van der Waals surface area contributed by atoms with Crippen LogP contribution in [0.25, 0.3) is 0 Å². The van der Waals surface area contributed by atoms with Crippen molar-refractivity contribution in [3.63, 3.8) is 0 Å². The number of nitrogens with zero attached hydrogens (tertiary/aromatic N) is 1. The second-order valence-electron chi connectivity index (χ2n) is 7.31. The third-order valence-electron chi connectivity index (χ3n) is 4.17. The number of rotatable bonds is 8. The van der Waals surface area contributed by atoms with Gasteiger partial charge in [0.2, 0.25) is 0 Å². The Morgan fingerprint density at radius 2 is 1.93 bits per heavy atom. The van der Waals surface area contributed by atoms with Gasteiger partial charge in [-0.25, -0.2) is 4.79 Å². The number of benzene rings is 2. The standard InChI is InChI=1S/C22H26N2O4S/c1-22(2,26)15-28-18-10-9-17(13-19(18)27-3)24-12-11-20(23-21(24)25)29-14-16-7-5-4-6-8-16/h4-13,20,26H,14-15H2,1-3H3,(H,23,25). The number of nitrogens with one attached hydrogen (secondary N) is 1. The van der Waals surface area contributed by atoms with Crippen molar-refractivity contribution in [2.45, 2.75) is 30.6 Å². The Kier molecular flexibility index (Phi) is 6.71. The third-order valence-corrected chi connectivity index (χ3v) is 5.31. The Hall–Kier alpha value is -2.64. The number of hydrogen-bond acceptors (Lipinski definition) is 5. The molecule has 29 heavy (non-hydrogen) atoms. The van der Waals surface area contributed by atoms with E-state index in [-0.39, 0.29) is 18.0 Å². The highest BCUT2D eigenvalue weighted by Crippen LogP contribution is 2.33. The van der Waals surface area contributed by atoms with Crippen LogP contribution in [0.2, 0.25) is 0 Å². The summed E-state index contributed by atoms with van der Waals surface area (Å²) in [5, 5.41) is 12.7. The first-order chi connectivity index (χ1) is 13.9. The zero-order chi connectivity index (χ0) is 20.9. The molecule has 2 aromatic carbocycles. The summed E-state index contributed by atoms with van der Waals surface area (Å²) in [7, 11) is 1.54. The number of methoxy groups -OCH3 is 1. The molecule has 0 aliphatic carbocycles. The maximum atomic E-state index is 12.6. The molecule has 1 atom stereocenters. The van der Waals surface area contributed by atoms with E-state index in [0.29, 0.717) is 17.2 Å². The van der Waals surface area contributed by atoms with Gasteiger partial charge in [-0.15, -0.1) is 11.8 Å². The van der Waals surface area contributed by atoms with Crippen LogP contribution in [0, 0.1) is 0 Å². The summed E-state index contributed by atoms with van der Waals surface area (Å²) in [5.41, 5.74) is 0.928. The molecular formula is C22H26N2O4S. The molecule has 1 aliphatic heterocycles. The molecule has 1 aliphatic rings. The van der Waals surface area contributed by atoms with Crippen molar-refractivity contribution in [2.24, 2.45) is 0 Å². The monoisotopic (exact) mass is 414 g/mol. The molecule has 0 saturated heterocycles. The van der Waals surface area contributed by atoms with Crippen LogP contribution in [0.15, 0.2) is 60.8 Å². The smallest absolute Gasteiger partial charge is 0.327 e. The van der Waals surface area contributed by atoms with Crippen molar-refractivity contribution in [3.05, 3.63) is 66.4 Å². The van der Waals surface area contributed by atoms with Gasteiger partial charge < -0.3 is 19.9 Å². The topological polar surface area (TPSA) is 71.0 Å². The Morgan fingerprint density at radius 3 is 2.59 bits per heavy atom. The van der Waals surface area contributed by atoms with Gasteiger partial charge in [-0.05, 0) is 37.6 Å². The Labute approximate surface area is 175 Å². The predicted octanol–water partition coefficient (Wildman–Crippen LogP) is 4.15. The number of anilines is 1. The molecule has 0 radical (unpaired) electrons. The molecule has 1 heterocycles. The fourth-order valence-electron chi connectivity index (χ4n) is 2.71. The zero-order valence-electron chi connectivity index (χ0n) is 16.8. The van der Waals surface area contributed by atoms with Crippen LogP contribution in [0.5, 0.6) is 11.5 Å². The van der Waals surface area contributed by atoms with E-state index in [0.717, 1.165) is 5.75 Å². The lowest BCUT2D eigenvalue weighted by Gasteiger charge is -2.28. The minimum Gasteiger partial charge on any atom is -0.493 e. The van der Waals surface area contributed by atoms with E-state index >= 15 is 0 Å². The molecule has 6 nitrogen and oxygen atoms in total. The molecule has 154 valence electrons. The first-order valence-electron chi connectivity index (χ1n) is 9.32. The molecule has 2 aromatic rings. The van der Waals surface area contributed by atoms with Crippen molar-refractivity contribution < 1.29 is 19.4 Å². The fourth-order valence-corrected chi connectivity index (χ4v) is 3.64. The second kappa shape index (κ2) is 9.24. The summed E-state index contributed by atoms with van der Waals surface area (Å²) in [4.78, 5) is 14.1. The molecule has 1 unspecified atom stereocenters. The van der Waals surface area contributed by atoms with Crippen molar-refractivity contribution in [1.82, 2.24) is 5.32 Å². The van der Waals surface area contributed by atoms with E-state index in [1.54, 1.807) is 57.1 Å². The second-order valence-corrected chi connectivity index (χ2v) is 8.44. The van der Waals surface area contributed by atoms with Crippen molar-refractivity contribution in [1.29, 1.82) is 0 Å². The number of ether oxygens (including phenoxy) is 2. The lowest BCUT2D eigenvalue weighted by Crippen LogP contribution is -2.44. The highest BCUT2D eigenvalue weighted by atomic mass is 32.2. The molecule has 0 fully saturated rings. The van der Waals surface area contributed by atoms with Gasteiger partial charge in [0.15, 0.2) is 11.5 Å². The lowest BCUT2D eigenvalue weighted by molar-refractivity contribution is 0.0276. The quantitative estimate of drug-likeness (QED) is 0.679. The first kappa shape index (κ1) is 21.1. The number of carbonyl (C=O) groups excluding carboxylic acids is 1. The molecule has 2 amide bonds. The molecule has 0 bridgehead atoms. The van der Waals surface area contributed by atoms with Gasteiger partial charge in [0.05, 0.1) is 23.8 Å². The molecule has 0 aromatic heterocycles. The normalized spacial score (nSPS) is 16.5. The largest absolute Gasteiger partial charge is 0.493 e. The minimum absolute atomic E-state index is 0.0877. The minimum atomic E-state index is -0.953. The maximum Gasteiger partial charge on any atom is 0.327 e. The van der Waals surface area contributed by atoms with Crippen LogP contribution >= 0.6 is 11.8 Å². The summed E-state index contributed by atoms with van der Waals surface area (Å²) in [6, 6.07) is 15.2. The first-order valence-corrected chi connectivity index (χ1v) is 10.4. The van der Waals surface area contributed by atoms with Crippen LogP contribution in [0.3, 0.4) is 0 Å². The number of carbonyl (C=O) groups is 1. The highest BCUT2D eigenvalue weighted by molar-refractivity contribution is 7.99. The van der Waals surface area contributed by atoms with Crippen LogP contribution in [-0.2, 0) is 5.75 Å². The van der Waals surface area contributed by atoms with Gasteiger partial charge in [0.25, 0.3) is 0 Å². The molecule has 7 heteroatoms. The fraction of sp³-hybridized carbons (Fsp3) is 0.318. The van der Waals surface area contributed by atoms with Gasteiger partial charge in [-0.2, -0.15) is 0 Å². The van der Waals surface area contributed by atoms with Crippen LogP contribution in [-0.4, -0.2) is 35.8 Å². The van der Waals surface area contributed by atoms with Crippen molar-refractivity contribution in [2.75, 3.05) is 18.6 Å². The van der Waals surface area contributed by atoms with E-state index in [9.17, 15) is 9.90 Å². The van der Waals surface area contributed by atoms with Crippen LogP contribution in [0.4, 0.5) is 10.5 Å². The van der Waals surface area contributed by atoms with E-state index in [2.05, 4.69) is 17.4 Å². The van der Waals surface area contributed by atoms with Gasteiger partial charge in [0, 0.05) is 18.0 Å². The molecule has 0 saturated carbocycles. The van der Waals surface area contributed by atoms with E-state index in [4.69, 9.17) is 9.47 Å². The SMILES string of the molecule is COc1cc(N2C=CC(SCc3ccccc3)NC2=O)ccc1OCC(C)(C)O. The zero-order valence-corrected chi connectivity index (χ0v) is 17.6. The third kappa shape index (κ3) is 5.92. The van der Waals surface area contributed by atoms with Crippen molar-refractivity contribution >= 4 is 23.5 Å². The van der Waals surface area contributed by atoms with E-state index in [1.165, 1.54) is 10.5 Å². The average molecular weight is 415 g/mol. The highest BCUT2D eigenvalue weighted by Gasteiger charge is 2.23. The van der Waals surface area contributed by atoms with Gasteiger partial charge in [-0.1, -0.05) is 30.3 Å². The Morgan fingerprint density at radius 1 is 1.17 bits per heavy atom. The number of amides is 2. The average Bonchev–Trinajstić information content (AvgIpc) is 2.71. The Balaban J connectivity index is 1.66. The Bertz CT molecular complexity index is 865. The molecule has 0 spiro atoms. The molecular weight excluding hydrogens is 388 g/mol. The van der Waals surface area contributed by atoms with Crippen LogP contribution in [0.1, 0.15) is 19.4 Å². The summed E-state index contributed by atoms with van der Waals surface area (Å²) in [6.07, 6.45) is 3.73. The molecule has 2 N–H and O–H groups in total. The summed E-state index contributed by atoms with van der Waals surface area (Å²) in [5.74, 6) is 1.82. The molecule has 3 rings (SSSR count). The van der Waals surface area contributed by atoms with Gasteiger partial charge >= 0.3 is 6.03 Å². The van der Waals surface area contributed by atoms with E-state index < -0.39 is 5.60 Å². The predicted molar refractivity (Wildman–Crippen MR) is 116 cm³/mol. The summed E-state index contributed by atoms with van der Waals surface area (Å²) < 4.78 is 11.0. The number of thioether (sulfide) groups is 1. The van der Waals surface area contributed by atoms with Gasteiger partial charge in [0.1, 0.15) is 6.61 Å². The maximum absolute atomic E-state index is 12.6. The number of hydrogen-bond donors (Lipinski definition) is 2. The van der Waals surface area contributed by atoms with Crippen molar-refractivity contribution in [3.8, 4) is 11.5 Å². The summed E-state index contributed by atoms with van der Waals surface area (Å²) >= 11 is 1.66. The number of aliphatic hydroxyl groups is 1. The van der Waals surface area contributed by atoms with Crippen LogP contribution < -0.4 is 19.7 Å². The van der Waals surface area contributed by atoms with E-state index in [1.807, 2.05) is 24.3 Å².